The van der Waals surface area contributed by atoms with Crippen LogP contribution in [-0.2, 0) is 15.8 Å². The molecule has 2 aromatic rings. The Morgan fingerprint density at radius 3 is 2.70 bits per heavy atom. The number of amides is 2. The van der Waals surface area contributed by atoms with Gasteiger partial charge >= 0.3 is 18.0 Å². The largest absolute Gasteiger partial charge is 0.416 e. The van der Waals surface area contributed by atoms with E-state index in [-0.39, 0.29) is 24.3 Å². The molecular formula is C17H16F3N3O4. The first kappa shape index (κ1) is 18.9. The van der Waals surface area contributed by atoms with E-state index in [1.165, 1.54) is 18.2 Å². The van der Waals surface area contributed by atoms with E-state index in [0.29, 0.717) is 5.76 Å². The Hall–Kier alpha value is -2.88. The smallest absolute Gasteiger partial charge is 0.391 e. The van der Waals surface area contributed by atoms with E-state index in [1.54, 1.807) is 6.92 Å². The van der Waals surface area contributed by atoms with Gasteiger partial charge in [0.15, 0.2) is 5.82 Å². The van der Waals surface area contributed by atoms with Crippen molar-refractivity contribution in [1.29, 1.82) is 0 Å². The number of β-amino-alcohol motifs (C(OH)–C–C–N with tert-alkyl or cyclic N) is 1. The van der Waals surface area contributed by atoms with Gasteiger partial charge < -0.3 is 14.5 Å². The summed E-state index contributed by atoms with van der Waals surface area (Å²) in [5, 5.41) is 15.7. The van der Waals surface area contributed by atoms with Crippen molar-refractivity contribution in [3.05, 3.63) is 47.2 Å². The molecule has 2 N–H and O–H groups in total. The van der Waals surface area contributed by atoms with Crippen molar-refractivity contribution < 1.29 is 32.4 Å². The Morgan fingerprint density at radius 2 is 2.07 bits per heavy atom. The third-order valence-electron chi connectivity index (χ3n) is 4.20. The summed E-state index contributed by atoms with van der Waals surface area (Å²) in [6.45, 7) is 1.44. The number of alkyl halides is 3. The molecule has 1 aliphatic heterocycles. The summed E-state index contributed by atoms with van der Waals surface area (Å²) in [6.07, 6.45) is -5.45. The molecule has 1 aromatic heterocycles. The summed E-state index contributed by atoms with van der Waals surface area (Å²) in [4.78, 5) is 25.7. The van der Waals surface area contributed by atoms with Crippen LogP contribution in [-0.4, -0.2) is 39.6 Å². The average molecular weight is 383 g/mol. The van der Waals surface area contributed by atoms with Gasteiger partial charge in [-0.05, 0) is 31.0 Å². The normalized spacial score (nSPS) is 20.0. The number of aromatic nitrogens is 1. The first-order chi connectivity index (χ1) is 12.6. The highest BCUT2D eigenvalue weighted by Crippen LogP contribution is 2.36. The lowest BCUT2D eigenvalue weighted by Crippen LogP contribution is -2.40. The Bertz CT molecular complexity index is 865. The lowest BCUT2D eigenvalue weighted by Gasteiger charge is -2.24. The van der Waals surface area contributed by atoms with E-state index in [9.17, 15) is 27.9 Å². The molecule has 2 heterocycles. The monoisotopic (exact) mass is 383 g/mol. The number of aliphatic hydroxyl groups is 1. The number of aliphatic hydroxyl groups excluding tert-OH is 1. The Kier molecular flexibility index (Phi) is 4.92. The molecule has 0 aliphatic carbocycles. The molecule has 0 spiro atoms. The number of halogens is 3. The van der Waals surface area contributed by atoms with Crippen molar-refractivity contribution in [2.45, 2.75) is 31.7 Å². The fourth-order valence-electron chi connectivity index (χ4n) is 3.00. The van der Waals surface area contributed by atoms with E-state index >= 15 is 0 Å². The number of nitrogens with one attached hydrogen (secondary N) is 1. The Morgan fingerprint density at radius 1 is 1.33 bits per heavy atom. The molecule has 1 saturated heterocycles. The van der Waals surface area contributed by atoms with Crippen LogP contribution in [0.25, 0.3) is 0 Å². The average Bonchev–Trinajstić information content (AvgIpc) is 3.19. The predicted octanol–water partition coefficient (Wildman–Crippen LogP) is 2.27. The number of nitrogens with zero attached hydrogens (tertiary/aromatic N) is 2. The van der Waals surface area contributed by atoms with Crippen molar-refractivity contribution in [3.8, 4) is 0 Å². The van der Waals surface area contributed by atoms with Gasteiger partial charge in [0.25, 0.3) is 0 Å². The number of anilines is 1. The molecule has 2 atom stereocenters. The third kappa shape index (κ3) is 4.11. The molecule has 144 valence electrons. The number of carbonyl (C=O) groups is 2. The fraction of sp³-hybridized carbons (Fsp3) is 0.353. The van der Waals surface area contributed by atoms with E-state index < -0.39 is 35.7 Å². The Balaban J connectivity index is 1.81. The van der Waals surface area contributed by atoms with Crippen LogP contribution < -0.4 is 5.32 Å². The number of benzene rings is 1. The van der Waals surface area contributed by atoms with E-state index in [4.69, 9.17) is 4.52 Å². The van der Waals surface area contributed by atoms with Gasteiger partial charge in [-0.2, -0.15) is 13.2 Å². The second-order valence-corrected chi connectivity index (χ2v) is 6.26. The molecule has 0 bridgehead atoms. The lowest BCUT2D eigenvalue weighted by molar-refractivity contribution is -0.144. The molecule has 0 radical (unpaired) electrons. The van der Waals surface area contributed by atoms with Crippen LogP contribution in [0.2, 0.25) is 0 Å². The summed E-state index contributed by atoms with van der Waals surface area (Å²) in [5.41, 5.74) is -0.670. The molecule has 27 heavy (non-hydrogen) atoms. The van der Waals surface area contributed by atoms with Crippen molar-refractivity contribution in [1.82, 2.24) is 10.1 Å². The number of hydrogen-bond donors (Lipinski definition) is 2. The third-order valence-corrected chi connectivity index (χ3v) is 4.20. The van der Waals surface area contributed by atoms with E-state index in [1.807, 2.05) is 0 Å². The first-order valence-corrected chi connectivity index (χ1v) is 8.05. The number of hydrogen-bond acceptors (Lipinski definition) is 5. The molecule has 1 aromatic carbocycles. The molecule has 1 aliphatic rings. The van der Waals surface area contributed by atoms with Gasteiger partial charge in [-0.3, -0.25) is 14.9 Å². The van der Waals surface area contributed by atoms with Crippen molar-refractivity contribution in [2.75, 3.05) is 11.9 Å². The highest BCUT2D eigenvalue weighted by atomic mass is 19.4. The molecule has 0 unspecified atom stereocenters. The summed E-state index contributed by atoms with van der Waals surface area (Å²) >= 11 is 0. The number of likely N-dealkylation sites (tertiary alicyclic amines) is 1. The van der Waals surface area contributed by atoms with Crippen LogP contribution in [0.4, 0.5) is 19.0 Å². The minimum absolute atomic E-state index is 0.0311. The van der Waals surface area contributed by atoms with Gasteiger partial charge in [0, 0.05) is 12.6 Å². The van der Waals surface area contributed by atoms with Crippen molar-refractivity contribution >= 4 is 17.6 Å². The molecule has 0 saturated carbocycles. The van der Waals surface area contributed by atoms with Gasteiger partial charge in [-0.1, -0.05) is 17.3 Å². The molecular weight excluding hydrogens is 367 g/mol. The van der Waals surface area contributed by atoms with Crippen molar-refractivity contribution in [3.63, 3.8) is 0 Å². The SMILES string of the molecule is Cc1cc(NC(=O)C(=O)N2C[C@H](O)C[C@H]2c2cccc(C(F)(F)F)c2)no1. The van der Waals surface area contributed by atoms with Gasteiger partial charge in [0.05, 0.1) is 17.7 Å². The Labute approximate surface area is 151 Å². The standard InChI is InChI=1S/C17H16F3N3O4/c1-9-5-14(22-27-9)21-15(25)16(26)23-8-12(24)7-13(23)10-3-2-4-11(6-10)17(18,19)20/h2-6,12-13,24H,7-8H2,1H3,(H,21,22,25)/t12-,13+/m1/s1. The topological polar surface area (TPSA) is 95.7 Å². The summed E-state index contributed by atoms with van der Waals surface area (Å²) < 4.78 is 43.6. The van der Waals surface area contributed by atoms with Gasteiger partial charge in [0.2, 0.25) is 0 Å². The van der Waals surface area contributed by atoms with Crippen LogP contribution in [0.1, 0.15) is 29.3 Å². The maximum absolute atomic E-state index is 12.9. The lowest BCUT2D eigenvalue weighted by atomic mass is 10.0. The number of carbonyl (C=O) groups excluding carboxylic acids is 2. The second kappa shape index (κ2) is 7.03. The summed E-state index contributed by atoms with van der Waals surface area (Å²) in [7, 11) is 0. The van der Waals surface area contributed by atoms with Gasteiger partial charge in [0.1, 0.15) is 5.76 Å². The number of rotatable bonds is 2. The van der Waals surface area contributed by atoms with E-state index in [2.05, 4.69) is 10.5 Å². The second-order valence-electron chi connectivity index (χ2n) is 6.26. The zero-order valence-electron chi connectivity index (χ0n) is 14.2. The van der Waals surface area contributed by atoms with Crippen LogP contribution in [0, 0.1) is 6.92 Å². The van der Waals surface area contributed by atoms with Crippen LogP contribution in [0.3, 0.4) is 0 Å². The maximum Gasteiger partial charge on any atom is 0.416 e. The molecule has 2 amide bonds. The summed E-state index contributed by atoms with van der Waals surface area (Å²) in [6, 6.07) is 5.05. The van der Waals surface area contributed by atoms with Gasteiger partial charge in [-0.15, -0.1) is 0 Å². The molecule has 7 nitrogen and oxygen atoms in total. The van der Waals surface area contributed by atoms with Gasteiger partial charge in [-0.25, -0.2) is 0 Å². The molecule has 3 rings (SSSR count). The highest BCUT2D eigenvalue weighted by molar-refractivity contribution is 6.39. The van der Waals surface area contributed by atoms with E-state index in [0.717, 1.165) is 17.0 Å². The zero-order chi connectivity index (χ0) is 19.8. The molecule has 1 fully saturated rings. The molecule has 10 heteroatoms. The highest BCUT2D eigenvalue weighted by Gasteiger charge is 2.39. The van der Waals surface area contributed by atoms with Crippen molar-refractivity contribution in [2.24, 2.45) is 0 Å². The first-order valence-electron chi connectivity index (χ1n) is 8.05. The van der Waals surface area contributed by atoms with Crippen LogP contribution in [0.15, 0.2) is 34.9 Å². The minimum Gasteiger partial charge on any atom is -0.391 e. The number of aryl methyl sites for hydroxylation is 1. The predicted molar refractivity (Wildman–Crippen MR) is 86.4 cm³/mol. The van der Waals surface area contributed by atoms with Crippen LogP contribution >= 0.6 is 0 Å². The summed E-state index contributed by atoms with van der Waals surface area (Å²) in [5.74, 6) is -1.53. The zero-order valence-corrected chi connectivity index (χ0v) is 14.2. The quantitative estimate of drug-likeness (QED) is 0.776. The minimum atomic E-state index is -4.54. The van der Waals surface area contributed by atoms with Crippen LogP contribution in [0.5, 0.6) is 0 Å². The fourth-order valence-corrected chi connectivity index (χ4v) is 3.00. The maximum atomic E-state index is 12.9.